The summed E-state index contributed by atoms with van der Waals surface area (Å²) in [6.07, 6.45) is 0. The van der Waals surface area contributed by atoms with Gasteiger partial charge in [-0.1, -0.05) is 0 Å². The summed E-state index contributed by atoms with van der Waals surface area (Å²) in [5, 5.41) is 13.3. The Kier molecular flexibility index (Phi) is 5.03. The quantitative estimate of drug-likeness (QED) is 0.805. The molecule has 1 aromatic carbocycles. The molecule has 0 saturated heterocycles. The molecule has 0 aliphatic carbocycles. The van der Waals surface area contributed by atoms with Gasteiger partial charge in [0.1, 0.15) is 17.0 Å². The molecule has 0 fully saturated rings. The van der Waals surface area contributed by atoms with Gasteiger partial charge in [-0.3, -0.25) is 9.52 Å². The topological polar surface area (TPSA) is 99.1 Å². The number of nitrogens with zero attached hydrogens (tertiary/aromatic N) is 1. The van der Waals surface area contributed by atoms with Crippen LogP contribution in [0.1, 0.15) is 5.56 Å². The van der Waals surface area contributed by atoms with Crippen molar-refractivity contribution in [3.8, 4) is 6.07 Å². The third-order valence-electron chi connectivity index (χ3n) is 2.58. The molecule has 6 nitrogen and oxygen atoms in total. The third kappa shape index (κ3) is 3.76. The second kappa shape index (κ2) is 6.79. The summed E-state index contributed by atoms with van der Waals surface area (Å²) in [5.41, 5.74) is 0.706. The van der Waals surface area contributed by atoms with Crippen molar-refractivity contribution in [1.82, 2.24) is 0 Å². The van der Waals surface area contributed by atoms with E-state index in [-0.39, 0.29) is 27.2 Å². The van der Waals surface area contributed by atoms with Crippen LogP contribution >= 0.6 is 22.9 Å². The van der Waals surface area contributed by atoms with Crippen LogP contribution in [0.2, 0.25) is 0 Å². The van der Waals surface area contributed by atoms with E-state index in [4.69, 9.17) is 16.9 Å². The van der Waals surface area contributed by atoms with Gasteiger partial charge < -0.3 is 5.32 Å². The molecule has 0 spiro atoms. The average Bonchev–Trinajstić information content (AvgIpc) is 2.94. The molecule has 0 radical (unpaired) electrons. The Balaban J connectivity index is 2.20. The van der Waals surface area contributed by atoms with E-state index in [2.05, 4.69) is 10.0 Å². The number of halogens is 1. The minimum Gasteiger partial charge on any atom is -0.325 e. The Morgan fingerprint density at radius 2 is 1.95 bits per heavy atom. The summed E-state index contributed by atoms with van der Waals surface area (Å²) in [6.45, 7) is 0. The minimum atomic E-state index is -3.80. The molecule has 1 heterocycles. The van der Waals surface area contributed by atoms with Gasteiger partial charge in [0.05, 0.1) is 10.5 Å². The molecule has 0 bridgehead atoms. The van der Waals surface area contributed by atoms with E-state index in [1.165, 1.54) is 30.3 Å². The highest BCUT2D eigenvalue weighted by Gasteiger charge is 2.17. The second-order valence-electron chi connectivity index (χ2n) is 4.09. The molecule has 2 rings (SSSR count). The van der Waals surface area contributed by atoms with Crippen LogP contribution in [0.4, 0.5) is 10.7 Å². The molecule has 0 aliphatic heterocycles. The van der Waals surface area contributed by atoms with Crippen LogP contribution in [0, 0.1) is 11.3 Å². The number of benzene rings is 1. The van der Waals surface area contributed by atoms with Crippen LogP contribution in [-0.4, -0.2) is 20.2 Å². The number of rotatable bonds is 5. The molecule has 2 N–H and O–H groups in total. The number of carbonyl (C=O) groups excluding carboxylic acids is 1. The maximum Gasteiger partial charge on any atom is 0.262 e. The van der Waals surface area contributed by atoms with Crippen LogP contribution in [0.15, 0.2) is 40.6 Å². The Bertz CT molecular complexity index is 823. The van der Waals surface area contributed by atoms with E-state index in [0.29, 0.717) is 5.69 Å². The van der Waals surface area contributed by atoms with Gasteiger partial charge in [-0.2, -0.15) is 5.26 Å². The van der Waals surface area contributed by atoms with Crippen molar-refractivity contribution in [3.05, 3.63) is 41.3 Å². The number of nitrogens with one attached hydrogen (secondary N) is 2. The van der Waals surface area contributed by atoms with Gasteiger partial charge in [-0.05, 0) is 35.7 Å². The van der Waals surface area contributed by atoms with Crippen molar-refractivity contribution in [2.45, 2.75) is 4.90 Å². The number of hydrogen-bond donors (Lipinski definition) is 2. The lowest BCUT2D eigenvalue weighted by Gasteiger charge is -2.08. The van der Waals surface area contributed by atoms with Crippen molar-refractivity contribution in [2.75, 3.05) is 15.9 Å². The van der Waals surface area contributed by atoms with Crippen molar-refractivity contribution < 1.29 is 13.2 Å². The summed E-state index contributed by atoms with van der Waals surface area (Å²) < 4.78 is 26.8. The molecule has 2 aromatic rings. The van der Waals surface area contributed by atoms with Gasteiger partial charge >= 0.3 is 0 Å². The van der Waals surface area contributed by atoms with Crippen LogP contribution in [0.25, 0.3) is 0 Å². The van der Waals surface area contributed by atoms with Crippen molar-refractivity contribution in [1.29, 1.82) is 5.26 Å². The maximum absolute atomic E-state index is 12.2. The van der Waals surface area contributed by atoms with Gasteiger partial charge in [0.15, 0.2) is 0 Å². The highest BCUT2D eigenvalue weighted by molar-refractivity contribution is 7.93. The fraction of sp³-hybridized carbons (Fsp3) is 0.0769. The molecule has 114 valence electrons. The molecule has 22 heavy (non-hydrogen) atoms. The van der Waals surface area contributed by atoms with Crippen LogP contribution in [0.5, 0.6) is 0 Å². The highest BCUT2D eigenvalue weighted by Crippen LogP contribution is 2.25. The van der Waals surface area contributed by atoms with E-state index in [0.717, 1.165) is 11.3 Å². The molecule has 0 unspecified atom stereocenters. The van der Waals surface area contributed by atoms with Crippen molar-refractivity contribution in [2.24, 2.45) is 0 Å². The van der Waals surface area contributed by atoms with Crippen LogP contribution < -0.4 is 10.0 Å². The summed E-state index contributed by atoms with van der Waals surface area (Å²) in [7, 11) is -3.80. The smallest absolute Gasteiger partial charge is 0.262 e. The number of anilines is 2. The molecular weight excluding hydrogens is 346 g/mol. The van der Waals surface area contributed by atoms with Crippen molar-refractivity contribution >= 4 is 49.6 Å². The van der Waals surface area contributed by atoms with Gasteiger partial charge in [0.2, 0.25) is 5.91 Å². The first kappa shape index (κ1) is 16.3. The zero-order valence-electron chi connectivity index (χ0n) is 11.0. The molecule has 1 aromatic heterocycles. The number of nitriles is 1. The third-order valence-corrected chi connectivity index (χ3v) is 5.15. The molecule has 0 aliphatic rings. The van der Waals surface area contributed by atoms with Crippen LogP contribution in [-0.2, 0) is 14.8 Å². The Hall–Kier alpha value is -2.08. The van der Waals surface area contributed by atoms with Crippen molar-refractivity contribution in [3.63, 3.8) is 0 Å². The number of alkyl halides is 1. The molecule has 1 amide bonds. The SMILES string of the molecule is N#Cc1ccsc1NS(=O)(=O)c1ccc(NC(=O)CCl)cc1. The Morgan fingerprint density at radius 3 is 2.55 bits per heavy atom. The normalized spacial score (nSPS) is 10.7. The molecular formula is C13H10ClN3O3S2. The number of carbonyl (C=O) groups is 1. The molecule has 0 atom stereocenters. The Labute approximate surface area is 136 Å². The highest BCUT2D eigenvalue weighted by atomic mass is 35.5. The fourth-order valence-electron chi connectivity index (χ4n) is 1.57. The lowest BCUT2D eigenvalue weighted by molar-refractivity contribution is -0.113. The second-order valence-corrected chi connectivity index (χ2v) is 6.95. The zero-order valence-corrected chi connectivity index (χ0v) is 13.4. The largest absolute Gasteiger partial charge is 0.325 e. The number of sulfonamides is 1. The summed E-state index contributed by atoms with van der Waals surface area (Å²) in [5.74, 6) is -0.565. The number of hydrogen-bond acceptors (Lipinski definition) is 5. The minimum absolute atomic E-state index is 0.0219. The first-order valence-electron chi connectivity index (χ1n) is 5.92. The first-order chi connectivity index (χ1) is 10.5. The first-order valence-corrected chi connectivity index (χ1v) is 8.82. The summed E-state index contributed by atoms with van der Waals surface area (Å²) >= 11 is 6.50. The van der Waals surface area contributed by atoms with E-state index in [1.807, 2.05) is 6.07 Å². The Morgan fingerprint density at radius 1 is 1.27 bits per heavy atom. The van der Waals surface area contributed by atoms with Gasteiger partial charge in [-0.15, -0.1) is 22.9 Å². The average molecular weight is 356 g/mol. The molecule has 0 saturated carbocycles. The molecule has 9 heteroatoms. The van der Waals surface area contributed by atoms with Gasteiger partial charge in [0, 0.05) is 5.69 Å². The number of thiophene rings is 1. The standard InChI is InChI=1S/C13H10ClN3O3S2/c14-7-12(18)16-10-1-3-11(4-2-10)22(19,20)17-13-9(8-15)5-6-21-13/h1-6,17H,7H2,(H,16,18). The van der Waals surface area contributed by atoms with Gasteiger partial charge in [0.25, 0.3) is 10.0 Å². The van der Waals surface area contributed by atoms with E-state index >= 15 is 0 Å². The monoisotopic (exact) mass is 355 g/mol. The van der Waals surface area contributed by atoms with E-state index in [1.54, 1.807) is 5.38 Å². The lowest BCUT2D eigenvalue weighted by Crippen LogP contribution is -2.14. The zero-order chi connectivity index (χ0) is 16.2. The van der Waals surface area contributed by atoms with E-state index < -0.39 is 10.0 Å². The fourth-order valence-corrected chi connectivity index (χ4v) is 3.70. The predicted molar refractivity (Wildman–Crippen MR) is 85.6 cm³/mol. The van der Waals surface area contributed by atoms with Gasteiger partial charge in [-0.25, -0.2) is 8.42 Å². The maximum atomic E-state index is 12.2. The summed E-state index contributed by atoms with van der Waals surface area (Å²) in [4.78, 5) is 11.2. The van der Waals surface area contributed by atoms with Crippen LogP contribution in [0.3, 0.4) is 0 Å². The number of amides is 1. The summed E-state index contributed by atoms with van der Waals surface area (Å²) in [6, 6.07) is 9.07. The lowest BCUT2D eigenvalue weighted by atomic mass is 10.3. The predicted octanol–water partition coefficient (Wildman–Crippen LogP) is 2.60. The van der Waals surface area contributed by atoms with E-state index in [9.17, 15) is 13.2 Å².